The minimum absolute atomic E-state index is 0.700. The van der Waals surface area contributed by atoms with Gasteiger partial charge < -0.3 is 10.6 Å². The van der Waals surface area contributed by atoms with Gasteiger partial charge in [-0.05, 0) is 23.3 Å². The molecule has 0 aliphatic rings. The van der Waals surface area contributed by atoms with E-state index < -0.39 is 0 Å². The average molecular weight is 320 g/mol. The molecule has 6 nitrogen and oxygen atoms in total. The van der Waals surface area contributed by atoms with Gasteiger partial charge >= 0.3 is 0 Å². The molecular weight excluding hydrogens is 300 g/mol. The maximum atomic E-state index is 4.25. The smallest absolute Gasteiger partial charge is 0.191 e. The van der Waals surface area contributed by atoms with Gasteiger partial charge in [0.1, 0.15) is 12.7 Å². The molecule has 0 radical (unpaired) electrons. The van der Waals surface area contributed by atoms with Crippen LogP contribution in [0.5, 0.6) is 0 Å². The van der Waals surface area contributed by atoms with Crippen LogP contribution < -0.4 is 10.6 Å². The number of hydrogen-bond donors (Lipinski definition) is 2. The van der Waals surface area contributed by atoms with Crippen molar-refractivity contribution >= 4 is 5.96 Å². The highest BCUT2D eigenvalue weighted by molar-refractivity contribution is 5.79. The summed E-state index contributed by atoms with van der Waals surface area (Å²) in [6.07, 6.45) is 3.21. The molecule has 0 fully saturated rings. The molecule has 0 aliphatic heterocycles. The Morgan fingerprint density at radius 3 is 2.21 bits per heavy atom. The molecule has 0 spiro atoms. The van der Waals surface area contributed by atoms with Crippen LogP contribution >= 0.6 is 0 Å². The summed E-state index contributed by atoms with van der Waals surface area (Å²) in [6, 6.07) is 18.4. The fourth-order valence-electron chi connectivity index (χ4n) is 2.30. The Balaban J connectivity index is 1.52. The van der Waals surface area contributed by atoms with Crippen molar-refractivity contribution in [2.45, 2.75) is 13.1 Å². The van der Waals surface area contributed by atoms with Crippen molar-refractivity contribution in [3.63, 3.8) is 0 Å². The fourth-order valence-corrected chi connectivity index (χ4v) is 2.30. The molecule has 0 aliphatic carbocycles. The highest BCUT2D eigenvalue weighted by atomic mass is 15.3. The Hall–Kier alpha value is -3.15. The topological polar surface area (TPSA) is 67.1 Å². The summed E-state index contributed by atoms with van der Waals surface area (Å²) in [7, 11) is 1.77. The van der Waals surface area contributed by atoms with Gasteiger partial charge in [-0.25, -0.2) is 9.67 Å². The van der Waals surface area contributed by atoms with Crippen molar-refractivity contribution in [1.29, 1.82) is 0 Å². The summed E-state index contributed by atoms with van der Waals surface area (Å²) in [5.74, 6) is 0.777. The molecule has 6 heteroatoms. The van der Waals surface area contributed by atoms with Gasteiger partial charge in [-0.3, -0.25) is 4.99 Å². The lowest BCUT2D eigenvalue weighted by Crippen LogP contribution is -2.36. The number of aromatic nitrogens is 3. The molecule has 0 unspecified atom stereocenters. The molecule has 2 aromatic carbocycles. The van der Waals surface area contributed by atoms with Crippen molar-refractivity contribution in [2.24, 2.45) is 4.99 Å². The molecule has 0 amide bonds. The van der Waals surface area contributed by atoms with E-state index in [0.717, 1.165) is 18.2 Å². The van der Waals surface area contributed by atoms with E-state index >= 15 is 0 Å². The third-order valence-electron chi connectivity index (χ3n) is 3.61. The standard InChI is InChI=1S/C18H20N6/c1-19-18(21-11-15-5-3-2-4-6-15)22-12-16-7-9-17(10-8-16)24-14-20-13-23-24/h2-10,13-14H,11-12H2,1H3,(H2,19,21,22). The first-order valence-electron chi connectivity index (χ1n) is 7.77. The molecule has 24 heavy (non-hydrogen) atoms. The second kappa shape index (κ2) is 7.92. The van der Waals surface area contributed by atoms with E-state index in [1.54, 1.807) is 18.1 Å². The minimum atomic E-state index is 0.700. The number of benzene rings is 2. The number of rotatable bonds is 5. The zero-order valence-corrected chi connectivity index (χ0v) is 13.6. The van der Waals surface area contributed by atoms with Crippen molar-refractivity contribution in [3.05, 3.63) is 78.4 Å². The normalized spacial score (nSPS) is 11.3. The lowest BCUT2D eigenvalue weighted by Gasteiger charge is -2.12. The number of nitrogens with one attached hydrogen (secondary N) is 2. The second-order valence-corrected chi connectivity index (χ2v) is 5.27. The third-order valence-corrected chi connectivity index (χ3v) is 3.61. The molecule has 0 saturated heterocycles. The van der Waals surface area contributed by atoms with E-state index in [1.165, 1.54) is 17.5 Å². The van der Waals surface area contributed by atoms with Crippen molar-refractivity contribution < 1.29 is 0 Å². The van der Waals surface area contributed by atoms with Crippen LogP contribution in [0.25, 0.3) is 5.69 Å². The second-order valence-electron chi connectivity index (χ2n) is 5.27. The summed E-state index contributed by atoms with van der Waals surface area (Å²) in [5.41, 5.74) is 3.38. The summed E-state index contributed by atoms with van der Waals surface area (Å²) in [5, 5.41) is 10.7. The predicted octanol–water partition coefficient (Wildman–Crippen LogP) is 2.13. The van der Waals surface area contributed by atoms with E-state index in [9.17, 15) is 0 Å². The van der Waals surface area contributed by atoms with Gasteiger partial charge in [0.15, 0.2) is 5.96 Å². The summed E-state index contributed by atoms with van der Waals surface area (Å²) in [6.45, 7) is 1.44. The SMILES string of the molecule is CN=C(NCc1ccccc1)NCc1ccc(-n2cncn2)cc1. The van der Waals surface area contributed by atoms with Gasteiger partial charge in [0, 0.05) is 20.1 Å². The van der Waals surface area contributed by atoms with Gasteiger partial charge in [0.2, 0.25) is 0 Å². The predicted molar refractivity (Wildman–Crippen MR) is 94.8 cm³/mol. The van der Waals surface area contributed by atoms with E-state index in [2.05, 4.69) is 50.0 Å². The van der Waals surface area contributed by atoms with Crippen LogP contribution in [0, 0.1) is 0 Å². The third kappa shape index (κ3) is 4.19. The Morgan fingerprint density at radius 1 is 0.958 bits per heavy atom. The molecular formula is C18H20N6. The van der Waals surface area contributed by atoms with Gasteiger partial charge in [-0.1, -0.05) is 42.5 Å². The number of guanidine groups is 1. The highest BCUT2D eigenvalue weighted by Crippen LogP contribution is 2.07. The molecule has 3 rings (SSSR count). The number of nitrogens with zero attached hydrogens (tertiary/aromatic N) is 4. The summed E-state index contributed by atoms with van der Waals surface area (Å²) in [4.78, 5) is 8.20. The van der Waals surface area contributed by atoms with Crippen LogP contribution in [0.4, 0.5) is 0 Å². The first-order valence-corrected chi connectivity index (χ1v) is 7.77. The molecule has 0 atom stereocenters. The fraction of sp³-hybridized carbons (Fsp3) is 0.167. The Bertz CT molecular complexity index is 763. The Kier molecular flexibility index (Phi) is 5.19. The summed E-state index contributed by atoms with van der Waals surface area (Å²) < 4.78 is 1.73. The van der Waals surface area contributed by atoms with Crippen LogP contribution in [0.1, 0.15) is 11.1 Å². The van der Waals surface area contributed by atoms with Crippen LogP contribution in [-0.4, -0.2) is 27.8 Å². The molecule has 2 N–H and O–H groups in total. The summed E-state index contributed by atoms with van der Waals surface area (Å²) >= 11 is 0. The van der Waals surface area contributed by atoms with E-state index in [1.807, 2.05) is 30.3 Å². The molecule has 0 saturated carbocycles. The van der Waals surface area contributed by atoms with Gasteiger partial charge in [0.25, 0.3) is 0 Å². The molecule has 1 heterocycles. The Labute approximate surface area is 141 Å². The van der Waals surface area contributed by atoms with Crippen molar-refractivity contribution in [1.82, 2.24) is 25.4 Å². The van der Waals surface area contributed by atoms with Gasteiger partial charge in [-0.15, -0.1) is 0 Å². The van der Waals surface area contributed by atoms with Crippen LogP contribution in [0.2, 0.25) is 0 Å². The highest BCUT2D eigenvalue weighted by Gasteiger charge is 2.00. The van der Waals surface area contributed by atoms with Gasteiger partial charge in [0.05, 0.1) is 5.69 Å². The largest absolute Gasteiger partial charge is 0.352 e. The van der Waals surface area contributed by atoms with E-state index in [0.29, 0.717) is 6.54 Å². The average Bonchev–Trinajstić information content (AvgIpc) is 3.18. The zero-order chi connectivity index (χ0) is 16.6. The maximum absolute atomic E-state index is 4.25. The minimum Gasteiger partial charge on any atom is -0.352 e. The van der Waals surface area contributed by atoms with Crippen LogP contribution in [0.15, 0.2) is 72.2 Å². The number of aliphatic imine (C=N–C) groups is 1. The molecule has 1 aromatic heterocycles. The van der Waals surface area contributed by atoms with Crippen molar-refractivity contribution in [2.75, 3.05) is 7.05 Å². The van der Waals surface area contributed by atoms with Gasteiger partial charge in [-0.2, -0.15) is 5.10 Å². The van der Waals surface area contributed by atoms with Crippen molar-refractivity contribution in [3.8, 4) is 5.69 Å². The maximum Gasteiger partial charge on any atom is 0.191 e. The van der Waals surface area contributed by atoms with Crippen LogP contribution in [0.3, 0.4) is 0 Å². The zero-order valence-electron chi connectivity index (χ0n) is 13.6. The lowest BCUT2D eigenvalue weighted by atomic mass is 10.2. The first kappa shape index (κ1) is 15.7. The molecule has 3 aromatic rings. The monoisotopic (exact) mass is 320 g/mol. The first-order chi connectivity index (χ1) is 11.8. The quantitative estimate of drug-likeness (QED) is 0.558. The Morgan fingerprint density at radius 2 is 1.62 bits per heavy atom. The number of hydrogen-bond acceptors (Lipinski definition) is 3. The van der Waals surface area contributed by atoms with E-state index in [-0.39, 0.29) is 0 Å². The molecule has 122 valence electrons. The van der Waals surface area contributed by atoms with Crippen LogP contribution in [-0.2, 0) is 13.1 Å². The van der Waals surface area contributed by atoms with E-state index in [4.69, 9.17) is 0 Å². The lowest BCUT2D eigenvalue weighted by molar-refractivity contribution is 0.808. The molecule has 0 bridgehead atoms.